The second-order valence-corrected chi connectivity index (χ2v) is 5.43. The van der Waals surface area contributed by atoms with Crippen molar-refractivity contribution in [2.45, 2.75) is 32.6 Å². The van der Waals surface area contributed by atoms with Crippen molar-refractivity contribution in [2.75, 3.05) is 0 Å². The number of rotatable bonds is 1. The Balaban J connectivity index is 0.00000133. The number of nitrogens with zero attached hydrogens (tertiary/aromatic N) is 3. The molecule has 3 nitrogen and oxygen atoms in total. The van der Waals surface area contributed by atoms with E-state index in [1.807, 2.05) is 25.3 Å². The Morgan fingerprint density at radius 2 is 1.89 bits per heavy atom. The van der Waals surface area contributed by atoms with Gasteiger partial charge < -0.3 is 0 Å². The Hall–Kier alpha value is -0.810. The molecule has 2 aromatic heterocycles. The van der Waals surface area contributed by atoms with Gasteiger partial charge in [0.2, 0.25) is 0 Å². The summed E-state index contributed by atoms with van der Waals surface area (Å²) in [6, 6.07) is 4.01. The van der Waals surface area contributed by atoms with E-state index in [4.69, 9.17) is 0 Å². The molecule has 0 radical (unpaired) electrons. The fourth-order valence-electron chi connectivity index (χ4n) is 2.23. The number of hydrogen-bond donors (Lipinski definition) is 0. The van der Waals surface area contributed by atoms with Crippen molar-refractivity contribution in [1.29, 1.82) is 0 Å². The molecule has 0 unspecified atom stereocenters. The van der Waals surface area contributed by atoms with Crippen molar-refractivity contribution < 1.29 is 0 Å². The topological polar surface area (TPSA) is 38.7 Å². The Kier molecular flexibility index (Phi) is 4.68. The van der Waals surface area contributed by atoms with E-state index in [9.17, 15) is 0 Å². The van der Waals surface area contributed by atoms with Gasteiger partial charge in [0.05, 0.1) is 0 Å². The molecule has 0 saturated heterocycles. The third-order valence-electron chi connectivity index (χ3n) is 3.33. The van der Waals surface area contributed by atoms with E-state index in [2.05, 4.69) is 30.9 Å². The quantitative estimate of drug-likeness (QED) is 0.695. The summed E-state index contributed by atoms with van der Waals surface area (Å²) in [7, 11) is 0. The van der Waals surface area contributed by atoms with Gasteiger partial charge in [-0.15, -0.1) is 17.0 Å². The third kappa shape index (κ3) is 3.03. The monoisotopic (exact) mass is 383 g/mol. The van der Waals surface area contributed by atoms with Gasteiger partial charge in [-0.05, 0) is 65.7 Å². The molecule has 0 N–H and O–H groups in total. The van der Waals surface area contributed by atoms with E-state index in [0.29, 0.717) is 0 Å². The van der Waals surface area contributed by atoms with Gasteiger partial charge in [0.25, 0.3) is 0 Å². The minimum Gasteiger partial charge on any atom is -0.237 e. The first-order valence-corrected chi connectivity index (χ1v) is 7.01. The standard InChI is InChI=1S/C14H14BrN3.BrH/c1-9-6-7-12(17-13(9)15)14-16-8-10-4-2-3-5-11(10)18-14;/h6-8H,2-5H2,1H3;1H. The summed E-state index contributed by atoms with van der Waals surface area (Å²) in [4.78, 5) is 13.6. The van der Waals surface area contributed by atoms with E-state index in [-0.39, 0.29) is 17.0 Å². The van der Waals surface area contributed by atoms with Crippen LogP contribution in [0.2, 0.25) is 0 Å². The third-order valence-corrected chi connectivity index (χ3v) is 4.13. The van der Waals surface area contributed by atoms with Gasteiger partial charge in [-0.25, -0.2) is 15.0 Å². The summed E-state index contributed by atoms with van der Waals surface area (Å²) in [6.07, 6.45) is 6.63. The number of pyridine rings is 1. The smallest absolute Gasteiger partial charge is 0.178 e. The molecular formula is C14H15Br2N3. The van der Waals surface area contributed by atoms with Crippen molar-refractivity contribution in [2.24, 2.45) is 0 Å². The minimum absolute atomic E-state index is 0. The van der Waals surface area contributed by atoms with Gasteiger partial charge >= 0.3 is 0 Å². The summed E-state index contributed by atoms with van der Waals surface area (Å²) in [5.41, 5.74) is 4.46. The zero-order valence-electron chi connectivity index (χ0n) is 10.7. The molecule has 1 aliphatic carbocycles. The molecule has 5 heteroatoms. The molecule has 0 fully saturated rings. The molecule has 0 saturated carbocycles. The molecule has 0 spiro atoms. The first kappa shape index (κ1) is 14.6. The van der Waals surface area contributed by atoms with E-state index < -0.39 is 0 Å². The lowest BCUT2D eigenvalue weighted by Gasteiger charge is -2.14. The van der Waals surface area contributed by atoms with Crippen LogP contribution in [0, 0.1) is 6.92 Å². The SMILES string of the molecule is Br.Cc1ccc(-c2ncc3c(n2)CCCC3)nc1Br. The largest absolute Gasteiger partial charge is 0.237 e. The van der Waals surface area contributed by atoms with Crippen LogP contribution in [0.15, 0.2) is 22.9 Å². The highest BCUT2D eigenvalue weighted by molar-refractivity contribution is 9.10. The summed E-state index contributed by atoms with van der Waals surface area (Å²) in [5.74, 6) is 0.733. The van der Waals surface area contributed by atoms with Crippen molar-refractivity contribution in [1.82, 2.24) is 15.0 Å². The van der Waals surface area contributed by atoms with Crippen molar-refractivity contribution in [3.05, 3.63) is 39.8 Å². The van der Waals surface area contributed by atoms with E-state index >= 15 is 0 Å². The van der Waals surface area contributed by atoms with Crippen LogP contribution in [-0.4, -0.2) is 15.0 Å². The van der Waals surface area contributed by atoms with E-state index in [1.165, 1.54) is 24.1 Å². The maximum Gasteiger partial charge on any atom is 0.178 e. The predicted octanol–water partition coefficient (Wildman–Crippen LogP) is 4.07. The van der Waals surface area contributed by atoms with E-state index in [1.54, 1.807) is 0 Å². The Morgan fingerprint density at radius 3 is 2.68 bits per heavy atom. The van der Waals surface area contributed by atoms with Crippen LogP contribution in [0.3, 0.4) is 0 Å². The molecule has 2 aromatic rings. The molecule has 1 aliphatic rings. The number of aromatic nitrogens is 3. The maximum atomic E-state index is 4.66. The molecule has 2 heterocycles. The molecule has 19 heavy (non-hydrogen) atoms. The normalized spacial score (nSPS) is 13.6. The second kappa shape index (κ2) is 6.09. The highest BCUT2D eigenvalue weighted by Gasteiger charge is 2.13. The van der Waals surface area contributed by atoms with Gasteiger partial charge in [0, 0.05) is 11.9 Å². The van der Waals surface area contributed by atoms with Crippen LogP contribution < -0.4 is 0 Å². The van der Waals surface area contributed by atoms with Crippen molar-refractivity contribution >= 4 is 32.9 Å². The summed E-state index contributed by atoms with van der Waals surface area (Å²) >= 11 is 3.45. The Bertz CT molecular complexity index is 599. The molecule has 0 aromatic carbocycles. The molecule has 0 atom stereocenters. The van der Waals surface area contributed by atoms with Gasteiger partial charge in [-0.1, -0.05) is 6.07 Å². The van der Waals surface area contributed by atoms with Gasteiger partial charge in [-0.3, -0.25) is 0 Å². The van der Waals surface area contributed by atoms with Gasteiger partial charge in [0.1, 0.15) is 10.3 Å². The van der Waals surface area contributed by atoms with Crippen LogP contribution in [0.1, 0.15) is 29.7 Å². The number of halogens is 2. The fourth-order valence-corrected chi connectivity index (χ4v) is 2.55. The highest BCUT2D eigenvalue weighted by atomic mass is 79.9. The molecule has 0 aliphatic heterocycles. The Labute approximate surface area is 131 Å². The summed E-state index contributed by atoms with van der Waals surface area (Å²) in [5, 5.41) is 0. The predicted molar refractivity (Wildman–Crippen MR) is 84.7 cm³/mol. The molecule has 0 bridgehead atoms. The van der Waals surface area contributed by atoms with Crippen molar-refractivity contribution in [3.8, 4) is 11.5 Å². The number of fused-ring (bicyclic) bond motifs is 1. The lowest BCUT2D eigenvalue weighted by Crippen LogP contribution is -2.07. The highest BCUT2D eigenvalue weighted by Crippen LogP contribution is 2.23. The Morgan fingerprint density at radius 1 is 1.11 bits per heavy atom. The van der Waals surface area contributed by atoms with Crippen LogP contribution >= 0.6 is 32.9 Å². The van der Waals surface area contributed by atoms with E-state index in [0.717, 1.165) is 34.5 Å². The lowest BCUT2D eigenvalue weighted by molar-refractivity contribution is 0.663. The van der Waals surface area contributed by atoms with Crippen LogP contribution in [0.5, 0.6) is 0 Å². The zero-order chi connectivity index (χ0) is 12.5. The zero-order valence-corrected chi connectivity index (χ0v) is 14.0. The van der Waals surface area contributed by atoms with Crippen LogP contribution in [0.25, 0.3) is 11.5 Å². The first-order valence-electron chi connectivity index (χ1n) is 6.22. The van der Waals surface area contributed by atoms with Gasteiger partial charge in [-0.2, -0.15) is 0 Å². The summed E-state index contributed by atoms with van der Waals surface area (Å²) in [6.45, 7) is 2.02. The average molecular weight is 385 g/mol. The van der Waals surface area contributed by atoms with Gasteiger partial charge in [0.15, 0.2) is 5.82 Å². The fraction of sp³-hybridized carbons (Fsp3) is 0.357. The van der Waals surface area contributed by atoms with Crippen LogP contribution in [-0.2, 0) is 12.8 Å². The molecule has 100 valence electrons. The lowest BCUT2D eigenvalue weighted by atomic mass is 9.97. The first-order chi connectivity index (χ1) is 8.74. The van der Waals surface area contributed by atoms with Crippen LogP contribution in [0.4, 0.5) is 0 Å². The minimum atomic E-state index is 0. The molecular weight excluding hydrogens is 370 g/mol. The summed E-state index contributed by atoms with van der Waals surface area (Å²) < 4.78 is 0.862. The average Bonchev–Trinajstić information content (AvgIpc) is 2.41. The number of aryl methyl sites for hydroxylation is 3. The second-order valence-electron chi connectivity index (χ2n) is 4.68. The molecule has 0 amide bonds. The van der Waals surface area contributed by atoms with Crippen molar-refractivity contribution in [3.63, 3.8) is 0 Å². The molecule has 3 rings (SSSR count). The number of hydrogen-bond acceptors (Lipinski definition) is 3. The maximum absolute atomic E-state index is 4.66.